The largest absolute Gasteiger partial charge is 0.436 e. The van der Waals surface area contributed by atoms with E-state index in [-0.39, 0.29) is 18.1 Å². The maximum atomic E-state index is 12.9. The molecule has 2 aromatic rings. The van der Waals surface area contributed by atoms with E-state index in [1.807, 2.05) is 24.7 Å². The van der Waals surface area contributed by atoms with Crippen LogP contribution >= 0.6 is 11.6 Å². The summed E-state index contributed by atoms with van der Waals surface area (Å²) in [6.07, 6.45) is -2.61. The number of aryl methyl sites for hydroxylation is 2. The molecule has 3 heterocycles. The maximum absolute atomic E-state index is 12.9. The predicted molar refractivity (Wildman–Crippen MR) is 101 cm³/mol. The first-order chi connectivity index (χ1) is 13.6. The lowest BCUT2D eigenvalue weighted by Gasteiger charge is -2.34. The zero-order valence-electron chi connectivity index (χ0n) is 16.6. The first kappa shape index (κ1) is 21.6. The molecule has 0 N–H and O–H groups in total. The number of carbonyl (C=O) groups excluding carboxylic acids is 1. The average Bonchev–Trinajstić information content (AvgIpc) is 3.16. The molecule has 7 nitrogen and oxygen atoms in total. The molecule has 1 amide bonds. The Kier molecular flexibility index (Phi) is 6.23. The Hall–Kier alpha value is -2.07. The van der Waals surface area contributed by atoms with Crippen LogP contribution in [0.15, 0.2) is 6.20 Å². The minimum Gasteiger partial charge on any atom is -0.339 e. The van der Waals surface area contributed by atoms with Crippen molar-refractivity contribution in [3.05, 3.63) is 33.9 Å². The molecule has 0 unspecified atom stereocenters. The quantitative estimate of drug-likeness (QED) is 0.729. The highest BCUT2D eigenvalue weighted by molar-refractivity contribution is 6.32. The molecule has 1 saturated heterocycles. The summed E-state index contributed by atoms with van der Waals surface area (Å²) in [6.45, 7) is 9.16. The van der Waals surface area contributed by atoms with Gasteiger partial charge in [-0.25, -0.2) is 0 Å². The van der Waals surface area contributed by atoms with Crippen molar-refractivity contribution in [1.29, 1.82) is 0 Å². The molecule has 160 valence electrons. The highest BCUT2D eigenvalue weighted by Crippen LogP contribution is 2.35. The third-order valence-corrected chi connectivity index (χ3v) is 5.63. The van der Waals surface area contributed by atoms with Crippen LogP contribution in [0.1, 0.15) is 29.6 Å². The van der Waals surface area contributed by atoms with Crippen LogP contribution < -0.4 is 0 Å². The van der Waals surface area contributed by atoms with Gasteiger partial charge in [-0.3, -0.25) is 19.1 Å². The predicted octanol–water partition coefficient (Wildman–Crippen LogP) is 2.73. The fourth-order valence-corrected chi connectivity index (χ4v) is 3.60. The van der Waals surface area contributed by atoms with Crippen molar-refractivity contribution in [1.82, 2.24) is 29.4 Å². The smallest absolute Gasteiger partial charge is 0.339 e. The molecule has 11 heteroatoms. The Bertz CT molecular complexity index is 883. The molecule has 0 spiro atoms. The van der Waals surface area contributed by atoms with E-state index in [0.717, 1.165) is 29.0 Å². The van der Waals surface area contributed by atoms with E-state index in [1.165, 1.54) is 6.92 Å². The highest BCUT2D eigenvalue weighted by atomic mass is 35.5. The van der Waals surface area contributed by atoms with Crippen LogP contribution in [0.5, 0.6) is 0 Å². The van der Waals surface area contributed by atoms with Crippen molar-refractivity contribution < 1.29 is 18.0 Å². The second kappa shape index (κ2) is 8.35. The lowest BCUT2D eigenvalue weighted by Crippen LogP contribution is -2.49. The van der Waals surface area contributed by atoms with E-state index >= 15 is 0 Å². The van der Waals surface area contributed by atoms with Crippen LogP contribution in [-0.4, -0.2) is 61.4 Å². The molecule has 0 aliphatic carbocycles. The van der Waals surface area contributed by atoms with E-state index in [4.69, 9.17) is 11.6 Å². The van der Waals surface area contributed by atoms with Gasteiger partial charge in [0.1, 0.15) is 6.54 Å². The van der Waals surface area contributed by atoms with Gasteiger partial charge in [0.25, 0.3) is 0 Å². The van der Waals surface area contributed by atoms with Gasteiger partial charge in [0.2, 0.25) is 5.91 Å². The van der Waals surface area contributed by atoms with E-state index in [0.29, 0.717) is 26.2 Å². The number of rotatable bonds is 5. The number of aromatic nitrogens is 4. The topological polar surface area (TPSA) is 59.2 Å². The molecule has 0 aromatic carbocycles. The molecule has 1 aliphatic rings. The zero-order chi connectivity index (χ0) is 21.3. The minimum atomic E-state index is -4.65. The lowest BCUT2D eigenvalue weighted by molar-refractivity contribution is -0.142. The van der Waals surface area contributed by atoms with Gasteiger partial charge in [-0.2, -0.15) is 23.4 Å². The van der Waals surface area contributed by atoms with Gasteiger partial charge in [-0.1, -0.05) is 11.6 Å². The third kappa shape index (κ3) is 4.75. The molecule has 1 aliphatic heterocycles. The van der Waals surface area contributed by atoms with Crippen molar-refractivity contribution in [2.45, 2.75) is 46.6 Å². The summed E-state index contributed by atoms with van der Waals surface area (Å²) in [5, 5.41) is 7.48. The van der Waals surface area contributed by atoms with Crippen LogP contribution in [-0.2, 0) is 30.6 Å². The number of alkyl halides is 3. The van der Waals surface area contributed by atoms with Gasteiger partial charge in [-0.05, 0) is 20.8 Å². The summed E-state index contributed by atoms with van der Waals surface area (Å²) in [4.78, 5) is 16.5. The lowest BCUT2D eigenvalue weighted by atomic mass is 10.2. The number of hydrogen-bond acceptors (Lipinski definition) is 4. The molecule has 3 rings (SSSR count). The normalized spacial score (nSPS) is 15.9. The van der Waals surface area contributed by atoms with E-state index in [2.05, 4.69) is 15.1 Å². The molecule has 0 saturated carbocycles. The minimum absolute atomic E-state index is 0.134. The van der Waals surface area contributed by atoms with Gasteiger partial charge in [0.15, 0.2) is 5.69 Å². The number of carbonyl (C=O) groups is 1. The van der Waals surface area contributed by atoms with Crippen molar-refractivity contribution in [2.75, 3.05) is 26.2 Å². The molecule has 0 radical (unpaired) electrons. The second-order valence-electron chi connectivity index (χ2n) is 7.16. The van der Waals surface area contributed by atoms with Crippen LogP contribution in [0.3, 0.4) is 0 Å². The van der Waals surface area contributed by atoms with Crippen LogP contribution in [0.2, 0.25) is 5.02 Å². The summed E-state index contributed by atoms with van der Waals surface area (Å²) in [6, 6.07) is 0. The Morgan fingerprint density at radius 3 is 2.34 bits per heavy atom. The molecule has 1 fully saturated rings. The number of hydrogen-bond donors (Lipinski definition) is 0. The number of piperazine rings is 1. The first-order valence-electron chi connectivity index (χ1n) is 9.43. The molecular formula is C18H24ClF3N6O. The average molecular weight is 433 g/mol. The molecule has 29 heavy (non-hydrogen) atoms. The van der Waals surface area contributed by atoms with E-state index in [1.54, 1.807) is 4.90 Å². The zero-order valence-corrected chi connectivity index (χ0v) is 17.4. The van der Waals surface area contributed by atoms with Gasteiger partial charge >= 0.3 is 6.18 Å². The van der Waals surface area contributed by atoms with Gasteiger partial charge < -0.3 is 4.90 Å². The molecule has 0 atom stereocenters. The number of nitrogens with zero attached hydrogens (tertiary/aromatic N) is 6. The summed E-state index contributed by atoms with van der Waals surface area (Å²) in [7, 11) is 0. The number of halogens is 4. The Labute approximate surface area is 172 Å². The Morgan fingerprint density at radius 2 is 1.83 bits per heavy atom. The van der Waals surface area contributed by atoms with Gasteiger partial charge in [-0.15, -0.1) is 0 Å². The molecule has 2 aromatic heterocycles. The molecule has 0 bridgehead atoms. The number of amides is 1. The van der Waals surface area contributed by atoms with Gasteiger partial charge in [0, 0.05) is 51.0 Å². The summed E-state index contributed by atoms with van der Waals surface area (Å²) >= 11 is 5.75. The van der Waals surface area contributed by atoms with E-state index in [9.17, 15) is 18.0 Å². The summed E-state index contributed by atoms with van der Waals surface area (Å²) < 4.78 is 41.8. The van der Waals surface area contributed by atoms with Gasteiger partial charge in [0.05, 0.1) is 16.4 Å². The fourth-order valence-electron chi connectivity index (χ4n) is 3.36. The van der Waals surface area contributed by atoms with Crippen LogP contribution in [0.25, 0.3) is 0 Å². The third-order valence-electron chi connectivity index (χ3n) is 5.18. The van der Waals surface area contributed by atoms with E-state index < -0.39 is 16.9 Å². The Balaban J connectivity index is 1.57. The summed E-state index contributed by atoms with van der Waals surface area (Å²) in [5.41, 5.74) is 1.14. The summed E-state index contributed by atoms with van der Waals surface area (Å²) in [5.74, 6) is -0.268. The highest BCUT2D eigenvalue weighted by Gasteiger charge is 2.38. The van der Waals surface area contributed by atoms with Crippen molar-refractivity contribution in [2.24, 2.45) is 0 Å². The fraction of sp³-hybridized carbons (Fsp3) is 0.611. The monoisotopic (exact) mass is 432 g/mol. The van der Waals surface area contributed by atoms with Crippen molar-refractivity contribution in [3.63, 3.8) is 0 Å². The first-order valence-corrected chi connectivity index (χ1v) is 9.81. The van der Waals surface area contributed by atoms with Crippen molar-refractivity contribution in [3.8, 4) is 0 Å². The maximum Gasteiger partial charge on any atom is 0.436 e. The molecular weight excluding hydrogens is 409 g/mol. The standard InChI is InChI=1S/C18H24ClF3N6O/c1-4-27-10-14(12(2)23-27)9-25-5-7-26(8-6-25)15(29)11-28-13(3)16(19)17(24-28)18(20,21)22/h10H,4-9,11H2,1-3H3. The van der Waals surface area contributed by atoms with Crippen LogP contribution in [0.4, 0.5) is 13.2 Å². The second-order valence-corrected chi connectivity index (χ2v) is 7.53. The Morgan fingerprint density at radius 1 is 1.17 bits per heavy atom. The SMILES string of the molecule is CCn1cc(CN2CCN(C(=O)Cn3nc(C(F)(F)F)c(Cl)c3C)CC2)c(C)n1. The van der Waals surface area contributed by atoms with Crippen LogP contribution in [0, 0.1) is 13.8 Å². The van der Waals surface area contributed by atoms with Crippen molar-refractivity contribution >= 4 is 17.5 Å².